The zero-order valence-corrected chi connectivity index (χ0v) is 6.61. The number of aromatic nitrogens is 1. The average molecular weight is 158 g/mol. The van der Waals surface area contributed by atoms with Gasteiger partial charge in [0.05, 0.1) is 12.3 Å². The second kappa shape index (κ2) is 3.53. The molecule has 0 radical (unpaired) electrons. The Labute approximate surface area is 63.7 Å². The van der Waals surface area contributed by atoms with E-state index >= 15 is 0 Å². The van der Waals surface area contributed by atoms with Crippen LogP contribution in [0.4, 0.5) is 5.13 Å². The highest BCUT2D eigenvalue weighted by atomic mass is 32.1. The standard InChI is InChI=1S/C6H10N2OS/c1-2-7-6-8-5(3-9)4-10-6/h4,9H,2-3H2,1H3,(H,7,8). The van der Waals surface area contributed by atoms with Crippen LogP contribution in [0.1, 0.15) is 12.6 Å². The smallest absolute Gasteiger partial charge is 0.182 e. The second-order valence-corrected chi connectivity index (χ2v) is 2.69. The summed E-state index contributed by atoms with van der Waals surface area (Å²) in [5, 5.41) is 14.4. The lowest BCUT2D eigenvalue weighted by molar-refractivity contribution is 0.278. The number of hydrogen-bond acceptors (Lipinski definition) is 4. The van der Waals surface area contributed by atoms with Crippen molar-refractivity contribution >= 4 is 16.5 Å². The molecule has 1 aromatic rings. The summed E-state index contributed by atoms with van der Waals surface area (Å²) in [5.41, 5.74) is 0.737. The normalized spacial score (nSPS) is 9.80. The van der Waals surface area contributed by atoms with Crippen molar-refractivity contribution in [3.8, 4) is 0 Å². The van der Waals surface area contributed by atoms with E-state index in [1.165, 1.54) is 11.3 Å². The van der Waals surface area contributed by atoms with E-state index in [4.69, 9.17) is 5.11 Å². The Morgan fingerprint density at radius 3 is 3.10 bits per heavy atom. The Morgan fingerprint density at radius 2 is 2.60 bits per heavy atom. The number of aliphatic hydroxyl groups is 1. The van der Waals surface area contributed by atoms with E-state index in [1.807, 2.05) is 12.3 Å². The minimum atomic E-state index is 0.0297. The first-order valence-electron chi connectivity index (χ1n) is 3.16. The molecule has 1 rings (SSSR count). The molecule has 4 heteroatoms. The SMILES string of the molecule is CCNc1nc(CO)cs1. The van der Waals surface area contributed by atoms with E-state index in [0.29, 0.717) is 0 Å². The molecule has 0 spiro atoms. The van der Waals surface area contributed by atoms with Gasteiger partial charge in [-0.15, -0.1) is 11.3 Å². The van der Waals surface area contributed by atoms with Crippen molar-refractivity contribution < 1.29 is 5.11 Å². The molecule has 0 aliphatic rings. The van der Waals surface area contributed by atoms with E-state index in [9.17, 15) is 0 Å². The molecule has 0 atom stereocenters. The second-order valence-electron chi connectivity index (χ2n) is 1.83. The highest BCUT2D eigenvalue weighted by molar-refractivity contribution is 7.13. The number of aliphatic hydroxyl groups excluding tert-OH is 1. The van der Waals surface area contributed by atoms with Gasteiger partial charge in [-0.05, 0) is 6.92 Å². The molecule has 0 aromatic carbocycles. The third-order valence-corrected chi connectivity index (χ3v) is 1.89. The lowest BCUT2D eigenvalue weighted by Crippen LogP contribution is -1.95. The highest BCUT2D eigenvalue weighted by Gasteiger charge is 1.96. The number of hydrogen-bond donors (Lipinski definition) is 2. The Morgan fingerprint density at radius 1 is 1.80 bits per heavy atom. The molecule has 2 N–H and O–H groups in total. The fourth-order valence-corrected chi connectivity index (χ4v) is 1.38. The fraction of sp³-hybridized carbons (Fsp3) is 0.500. The first kappa shape index (κ1) is 7.50. The molecule has 0 bridgehead atoms. The van der Waals surface area contributed by atoms with Gasteiger partial charge in [-0.1, -0.05) is 0 Å². The maximum atomic E-state index is 8.64. The third-order valence-electron chi connectivity index (χ3n) is 1.04. The number of nitrogens with one attached hydrogen (secondary N) is 1. The summed E-state index contributed by atoms with van der Waals surface area (Å²) < 4.78 is 0. The van der Waals surface area contributed by atoms with Gasteiger partial charge in [0.2, 0.25) is 0 Å². The van der Waals surface area contributed by atoms with Crippen LogP contribution in [0.3, 0.4) is 0 Å². The van der Waals surface area contributed by atoms with Crippen molar-refractivity contribution in [2.24, 2.45) is 0 Å². The summed E-state index contributed by atoms with van der Waals surface area (Å²) in [6.07, 6.45) is 0. The highest BCUT2D eigenvalue weighted by Crippen LogP contribution is 2.14. The quantitative estimate of drug-likeness (QED) is 0.691. The van der Waals surface area contributed by atoms with E-state index < -0.39 is 0 Å². The zero-order chi connectivity index (χ0) is 7.40. The lowest BCUT2D eigenvalue weighted by Gasteiger charge is -1.92. The monoisotopic (exact) mass is 158 g/mol. The third kappa shape index (κ3) is 1.68. The molecule has 0 fully saturated rings. The maximum Gasteiger partial charge on any atom is 0.182 e. The summed E-state index contributed by atoms with van der Waals surface area (Å²) in [6, 6.07) is 0. The van der Waals surface area contributed by atoms with Crippen molar-refractivity contribution in [3.05, 3.63) is 11.1 Å². The van der Waals surface area contributed by atoms with Crippen LogP contribution >= 0.6 is 11.3 Å². The molecule has 10 heavy (non-hydrogen) atoms. The van der Waals surface area contributed by atoms with Gasteiger partial charge in [-0.3, -0.25) is 0 Å². The van der Waals surface area contributed by atoms with Crippen LogP contribution in [0, 0.1) is 0 Å². The molecule has 0 saturated carbocycles. The summed E-state index contributed by atoms with van der Waals surface area (Å²) >= 11 is 1.52. The molecule has 1 aromatic heterocycles. The minimum absolute atomic E-state index is 0.0297. The summed E-state index contributed by atoms with van der Waals surface area (Å²) in [6.45, 7) is 2.92. The zero-order valence-electron chi connectivity index (χ0n) is 5.79. The largest absolute Gasteiger partial charge is 0.390 e. The molecule has 0 unspecified atom stereocenters. The van der Waals surface area contributed by atoms with Crippen molar-refractivity contribution in [1.29, 1.82) is 0 Å². The van der Waals surface area contributed by atoms with Crippen molar-refractivity contribution in [1.82, 2.24) is 4.98 Å². The van der Waals surface area contributed by atoms with Gasteiger partial charge in [-0.2, -0.15) is 0 Å². The van der Waals surface area contributed by atoms with Gasteiger partial charge in [0.25, 0.3) is 0 Å². The number of anilines is 1. The molecule has 56 valence electrons. The van der Waals surface area contributed by atoms with Gasteiger partial charge in [-0.25, -0.2) is 4.98 Å². The first-order chi connectivity index (χ1) is 4.86. The first-order valence-corrected chi connectivity index (χ1v) is 4.04. The van der Waals surface area contributed by atoms with Crippen molar-refractivity contribution in [2.45, 2.75) is 13.5 Å². The van der Waals surface area contributed by atoms with Crippen LogP contribution in [0.5, 0.6) is 0 Å². The predicted molar refractivity (Wildman–Crippen MR) is 42.2 cm³/mol. The Balaban J connectivity index is 2.59. The lowest BCUT2D eigenvalue weighted by atomic mass is 10.5. The number of nitrogens with zero attached hydrogens (tertiary/aromatic N) is 1. The average Bonchev–Trinajstić information content (AvgIpc) is 2.37. The molecule has 0 aliphatic carbocycles. The summed E-state index contributed by atoms with van der Waals surface area (Å²) in [4.78, 5) is 4.08. The van der Waals surface area contributed by atoms with Crippen LogP contribution in [0.25, 0.3) is 0 Å². The molecule has 1 heterocycles. The molecule has 0 aliphatic heterocycles. The van der Waals surface area contributed by atoms with Crippen LogP contribution in [-0.2, 0) is 6.61 Å². The maximum absolute atomic E-state index is 8.64. The van der Waals surface area contributed by atoms with Gasteiger partial charge in [0.15, 0.2) is 5.13 Å². The van der Waals surface area contributed by atoms with Crippen LogP contribution in [-0.4, -0.2) is 16.6 Å². The van der Waals surface area contributed by atoms with Crippen LogP contribution in [0.15, 0.2) is 5.38 Å². The van der Waals surface area contributed by atoms with Crippen molar-refractivity contribution in [2.75, 3.05) is 11.9 Å². The van der Waals surface area contributed by atoms with Gasteiger partial charge in [0.1, 0.15) is 0 Å². The van der Waals surface area contributed by atoms with E-state index in [-0.39, 0.29) is 6.61 Å². The summed E-state index contributed by atoms with van der Waals surface area (Å²) in [5.74, 6) is 0. The van der Waals surface area contributed by atoms with Crippen LogP contribution < -0.4 is 5.32 Å². The number of rotatable bonds is 3. The van der Waals surface area contributed by atoms with Gasteiger partial charge >= 0.3 is 0 Å². The fourth-order valence-electron chi connectivity index (χ4n) is 0.612. The van der Waals surface area contributed by atoms with E-state index in [1.54, 1.807) is 0 Å². The van der Waals surface area contributed by atoms with Crippen LogP contribution in [0.2, 0.25) is 0 Å². The molecular formula is C6H10N2OS. The number of thiazole rings is 1. The molecule has 3 nitrogen and oxygen atoms in total. The predicted octanol–water partition coefficient (Wildman–Crippen LogP) is 1.07. The molecule has 0 amide bonds. The molecule has 0 saturated heterocycles. The Bertz CT molecular complexity index is 199. The Hall–Kier alpha value is -0.610. The minimum Gasteiger partial charge on any atom is -0.390 e. The molecular weight excluding hydrogens is 148 g/mol. The Kier molecular flexibility index (Phi) is 2.65. The van der Waals surface area contributed by atoms with Gasteiger partial charge in [0, 0.05) is 11.9 Å². The van der Waals surface area contributed by atoms with E-state index in [0.717, 1.165) is 17.4 Å². The van der Waals surface area contributed by atoms with Crippen molar-refractivity contribution in [3.63, 3.8) is 0 Å². The topological polar surface area (TPSA) is 45.2 Å². The van der Waals surface area contributed by atoms with Gasteiger partial charge < -0.3 is 10.4 Å². The van der Waals surface area contributed by atoms with E-state index in [2.05, 4.69) is 10.3 Å². The summed E-state index contributed by atoms with van der Waals surface area (Å²) in [7, 11) is 0.